The molecule has 1 unspecified atom stereocenters. The maximum absolute atomic E-state index is 6.58. The predicted molar refractivity (Wildman–Crippen MR) is 79.9 cm³/mol. The van der Waals surface area contributed by atoms with Crippen LogP contribution in [0.25, 0.3) is 0 Å². The molecule has 1 aromatic heterocycles. The van der Waals surface area contributed by atoms with Crippen LogP contribution >= 0.6 is 11.3 Å². The second kappa shape index (κ2) is 5.68. The summed E-state index contributed by atoms with van der Waals surface area (Å²) >= 11 is 1.76. The Morgan fingerprint density at radius 3 is 2.22 bits per heavy atom. The van der Waals surface area contributed by atoms with Crippen molar-refractivity contribution in [2.45, 2.75) is 38.1 Å². The average molecular weight is 259 g/mol. The second-order valence-electron chi connectivity index (χ2n) is 4.72. The molecule has 2 rings (SSSR count). The van der Waals surface area contributed by atoms with E-state index in [4.69, 9.17) is 5.73 Å². The fraction of sp³-hybridized carbons (Fsp3) is 0.375. The molecule has 0 spiro atoms. The van der Waals surface area contributed by atoms with Gasteiger partial charge in [0.2, 0.25) is 0 Å². The molecule has 96 valence electrons. The van der Waals surface area contributed by atoms with Crippen molar-refractivity contribution in [2.24, 2.45) is 5.73 Å². The molecule has 0 saturated heterocycles. The Bertz CT molecular complexity index is 457. The summed E-state index contributed by atoms with van der Waals surface area (Å²) in [5, 5.41) is 2.11. The molecule has 2 aromatic rings. The van der Waals surface area contributed by atoms with Gasteiger partial charge < -0.3 is 5.73 Å². The van der Waals surface area contributed by atoms with Crippen molar-refractivity contribution in [1.29, 1.82) is 0 Å². The molecule has 0 aliphatic heterocycles. The lowest BCUT2D eigenvalue weighted by molar-refractivity contribution is 0.325. The van der Waals surface area contributed by atoms with Crippen LogP contribution < -0.4 is 5.73 Å². The Morgan fingerprint density at radius 2 is 1.72 bits per heavy atom. The molecule has 0 radical (unpaired) electrons. The Morgan fingerprint density at radius 1 is 1.06 bits per heavy atom. The zero-order valence-electron chi connectivity index (χ0n) is 11.1. The highest BCUT2D eigenvalue weighted by Crippen LogP contribution is 2.42. The first kappa shape index (κ1) is 13.3. The molecule has 0 aliphatic rings. The van der Waals surface area contributed by atoms with E-state index in [2.05, 4.69) is 61.7 Å². The number of hydrogen-bond acceptors (Lipinski definition) is 2. The quantitative estimate of drug-likeness (QED) is 0.840. The highest BCUT2D eigenvalue weighted by atomic mass is 32.1. The van der Waals surface area contributed by atoms with Gasteiger partial charge >= 0.3 is 0 Å². The maximum Gasteiger partial charge on any atom is 0.0487 e. The van der Waals surface area contributed by atoms with E-state index in [9.17, 15) is 0 Å². The van der Waals surface area contributed by atoms with Crippen LogP contribution in [0.1, 0.15) is 43.2 Å². The first-order valence-electron chi connectivity index (χ1n) is 6.59. The summed E-state index contributed by atoms with van der Waals surface area (Å²) in [6, 6.07) is 15.0. The van der Waals surface area contributed by atoms with E-state index in [1.165, 1.54) is 10.4 Å². The van der Waals surface area contributed by atoms with Gasteiger partial charge in [-0.3, -0.25) is 0 Å². The number of benzene rings is 1. The topological polar surface area (TPSA) is 26.0 Å². The zero-order chi connectivity index (χ0) is 13.0. The predicted octanol–water partition coefficient (Wildman–Crippen LogP) is 4.51. The molecule has 0 saturated carbocycles. The molecule has 1 nitrogen and oxygen atoms in total. The van der Waals surface area contributed by atoms with Crippen molar-refractivity contribution in [3.63, 3.8) is 0 Å². The van der Waals surface area contributed by atoms with E-state index in [-0.39, 0.29) is 11.5 Å². The number of thiophene rings is 1. The van der Waals surface area contributed by atoms with Crippen molar-refractivity contribution in [3.8, 4) is 0 Å². The SMILES string of the molecule is CCC(CC)(c1ccccc1)C(N)c1cccs1. The van der Waals surface area contributed by atoms with Crippen LogP contribution in [-0.2, 0) is 5.41 Å². The summed E-state index contributed by atoms with van der Waals surface area (Å²) in [5.74, 6) is 0. The minimum atomic E-state index is 0.0477. The highest BCUT2D eigenvalue weighted by molar-refractivity contribution is 7.10. The van der Waals surface area contributed by atoms with E-state index in [1.807, 2.05) is 0 Å². The summed E-state index contributed by atoms with van der Waals surface area (Å²) in [5.41, 5.74) is 7.99. The van der Waals surface area contributed by atoms with Crippen molar-refractivity contribution in [2.75, 3.05) is 0 Å². The monoisotopic (exact) mass is 259 g/mol. The van der Waals surface area contributed by atoms with Crippen molar-refractivity contribution < 1.29 is 0 Å². The van der Waals surface area contributed by atoms with Crippen molar-refractivity contribution >= 4 is 11.3 Å². The standard InChI is InChI=1S/C16H21NS/c1-3-16(4-2,13-9-6-5-7-10-13)15(17)14-11-8-12-18-14/h5-12,15H,3-4,17H2,1-2H3. The van der Waals surface area contributed by atoms with E-state index in [0.29, 0.717) is 0 Å². The lowest BCUT2D eigenvalue weighted by atomic mass is 9.70. The molecular weight excluding hydrogens is 238 g/mol. The Labute approximate surface area is 114 Å². The van der Waals surface area contributed by atoms with Crippen LogP contribution in [0.4, 0.5) is 0 Å². The minimum Gasteiger partial charge on any atom is -0.323 e. The van der Waals surface area contributed by atoms with Gasteiger partial charge in [-0.15, -0.1) is 11.3 Å². The van der Waals surface area contributed by atoms with Gasteiger partial charge in [0.05, 0.1) is 0 Å². The van der Waals surface area contributed by atoms with E-state index < -0.39 is 0 Å². The van der Waals surface area contributed by atoms with Gasteiger partial charge in [-0.1, -0.05) is 50.2 Å². The normalized spacial score (nSPS) is 13.5. The van der Waals surface area contributed by atoms with E-state index in [0.717, 1.165) is 12.8 Å². The van der Waals surface area contributed by atoms with Gasteiger partial charge in [-0.25, -0.2) is 0 Å². The summed E-state index contributed by atoms with van der Waals surface area (Å²) < 4.78 is 0. The minimum absolute atomic E-state index is 0.0477. The third-order valence-electron chi connectivity index (χ3n) is 4.06. The van der Waals surface area contributed by atoms with Gasteiger partial charge in [-0.05, 0) is 29.9 Å². The molecule has 0 amide bonds. The fourth-order valence-electron chi connectivity index (χ4n) is 2.79. The fourth-order valence-corrected chi connectivity index (χ4v) is 3.63. The zero-order valence-corrected chi connectivity index (χ0v) is 11.9. The summed E-state index contributed by atoms with van der Waals surface area (Å²) in [7, 11) is 0. The van der Waals surface area contributed by atoms with Crippen LogP contribution in [0, 0.1) is 0 Å². The number of hydrogen-bond donors (Lipinski definition) is 1. The number of nitrogens with two attached hydrogens (primary N) is 1. The first-order valence-corrected chi connectivity index (χ1v) is 7.47. The highest BCUT2D eigenvalue weighted by Gasteiger charge is 2.36. The largest absolute Gasteiger partial charge is 0.323 e. The van der Waals surface area contributed by atoms with Gasteiger partial charge in [0.1, 0.15) is 0 Å². The van der Waals surface area contributed by atoms with E-state index >= 15 is 0 Å². The molecule has 1 aromatic carbocycles. The third-order valence-corrected chi connectivity index (χ3v) is 5.01. The van der Waals surface area contributed by atoms with Crippen molar-refractivity contribution in [1.82, 2.24) is 0 Å². The van der Waals surface area contributed by atoms with Crippen LogP contribution in [0.15, 0.2) is 47.8 Å². The van der Waals surface area contributed by atoms with Crippen molar-refractivity contribution in [3.05, 3.63) is 58.3 Å². The molecule has 2 N–H and O–H groups in total. The molecule has 2 heteroatoms. The van der Waals surface area contributed by atoms with Gasteiger partial charge in [0.25, 0.3) is 0 Å². The molecule has 0 aliphatic carbocycles. The van der Waals surface area contributed by atoms with Gasteiger partial charge in [-0.2, -0.15) is 0 Å². The van der Waals surface area contributed by atoms with Crippen LogP contribution in [0.2, 0.25) is 0 Å². The van der Waals surface area contributed by atoms with Gasteiger partial charge in [0, 0.05) is 16.3 Å². The Balaban J connectivity index is 2.44. The maximum atomic E-state index is 6.58. The molecule has 0 bridgehead atoms. The van der Waals surface area contributed by atoms with Crippen LogP contribution in [0.3, 0.4) is 0 Å². The lowest BCUT2D eigenvalue weighted by Gasteiger charge is -2.37. The molecular formula is C16H21NS. The number of rotatable bonds is 5. The lowest BCUT2D eigenvalue weighted by Crippen LogP contribution is -2.37. The van der Waals surface area contributed by atoms with Crippen LogP contribution in [0.5, 0.6) is 0 Å². The molecule has 1 heterocycles. The summed E-state index contributed by atoms with van der Waals surface area (Å²) in [6.07, 6.45) is 2.12. The summed E-state index contributed by atoms with van der Waals surface area (Å²) in [4.78, 5) is 1.28. The van der Waals surface area contributed by atoms with Gasteiger partial charge in [0.15, 0.2) is 0 Å². The smallest absolute Gasteiger partial charge is 0.0487 e. The second-order valence-corrected chi connectivity index (χ2v) is 5.70. The summed E-state index contributed by atoms with van der Waals surface area (Å²) in [6.45, 7) is 4.48. The average Bonchev–Trinajstić information content (AvgIpc) is 2.96. The molecule has 18 heavy (non-hydrogen) atoms. The Kier molecular flexibility index (Phi) is 4.20. The molecule has 0 fully saturated rings. The first-order chi connectivity index (χ1) is 8.74. The Hall–Kier alpha value is -1.12. The van der Waals surface area contributed by atoms with Crippen LogP contribution in [-0.4, -0.2) is 0 Å². The third kappa shape index (κ3) is 2.23. The molecule has 1 atom stereocenters. The van der Waals surface area contributed by atoms with E-state index in [1.54, 1.807) is 11.3 Å².